The van der Waals surface area contributed by atoms with Crippen LogP contribution in [0.3, 0.4) is 0 Å². The maximum absolute atomic E-state index is 12.9. The summed E-state index contributed by atoms with van der Waals surface area (Å²) in [7, 11) is 0. The van der Waals surface area contributed by atoms with Crippen LogP contribution in [-0.2, 0) is 11.2 Å². The van der Waals surface area contributed by atoms with Gasteiger partial charge in [-0.3, -0.25) is 4.79 Å². The Morgan fingerprint density at radius 2 is 1.44 bits per heavy atom. The van der Waals surface area contributed by atoms with Crippen molar-refractivity contribution < 1.29 is 9.90 Å². The van der Waals surface area contributed by atoms with E-state index in [-0.39, 0.29) is 23.6 Å². The quantitative estimate of drug-likeness (QED) is 0.622. The van der Waals surface area contributed by atoms with Gasteiger partial charge in [0.2, 0.25) is 5.91 Å². The fourth-order valence-electron chi connectivity index (χ4n) is 3.93. The first-order valence-electron chi connectivity index (χ1n) is 9.45. The largest absolute Gasteiger partial charge is 0.508 e. The standard InChI is InChI=1S/C24H23NO2/c26-21-16-14-20(15-17-21)25-23(19-11-5-2-6-12-19)22(24(25)27)13-7-10-18-8-3-1-4-9-18/h1-6,8-9,11-12,14-17,22-23,26H,7,10,13H2/t22-,23-/m1/s1. The highest BCUT2D eigenvalue weighted by atomic mass is 16.3. The predicted octanol–water partition coefficient (Wildman–Crippen LogP) is 5.12. The second kappa shape index (κ2) is 7.67. The van der Waals surface area contributed by atoms with E-state index in [1.807, 2.05) is 41.3 Å². The van der Waals surface area contributed by atoms with Crippen LogP contribution in [0.15, 0.2) is 84.9 Å². The highest BCUT2D eigenvalue weighted by molar-refractivity contribution is 6.03. The molecule has 1 heterocycles. The van der Waals surface area contributed by atoms with Crippen molar-refractivity contribution in [2.24, 2.45) is 5.92 Å². The lowest BCUT2D eigenvalue weighted by atomic mass is 9.78. The van der Waals surface area contributed by atoms with E-state index in [9.17, 15) is 9.90 Å². The molecule has 3 heteroatoms. The molecule has 1 N–H and O–H groups in total. The lowest BCUT2D eigenvalue weighted by Crippen LogP contribution is -2.55. The van der Waals surface area contributed by atoms with Gasteiger partial charge in [0, 0.05) is 5.69 Å². The number of nitrogens with zero attached hydrogens (tertiary/aromatic N) is 1. The molecule has 0 unspecified atom stereocenters. The summed E-state index contributed by atoms with van der Waals surface area (Å²) in [5.41, 5.74) is 3.32. The van der Waals surface area contributed by atoms with Gasteiger partial charge in [-0.15, -0.1) is 0 Å². The number of phenolic OH excluding ortho intramolecular Hbond substituents is 1. The molecule has 0 aromatic heterocycles. The maximum atomic E-state index is 12.9. The van der Waals surface area contributed by atoms with E-state index in [0.29, 0.717) is 0 Å². The molecule has 1 aliphatic heterocycles. The van der Waals surface area contributed by atoms with Gasteiger partial charge in [0.1, 0.15) is 5.75 Å². The topological polar surface area (TPSA) is 40.5 Å². The van der Waals surface area contributed by atoms with Crippen LogP contribution in [0.4, 0.5) is 5.69 Å². The van der Waals surface area contributed by atoms with Crippen LogP contribution < -0.4 is 4.90 Å². The third-order valence-corrected chi connectivity index (χ3v) is 5.31. The highest BCUT2D eigenvalue weighted by Gasteiger charge is 2.48. The monoisotopic (exact) mass is 357 g/mol. The number of β-lactam (4-membered cyclic amide) rings is 1. The van der Waals surface area contributed by atoms with E-state index >= 15 is 0 Å². The molecule has 3 aromatic carbocycles. The second-order valence-corrected chi connectivity index (χ2v) is 7.06. The van der Waals surface area contributed by atoms with Crippen LogP contribution >= 0.6 is 0 Å². The van der Waals surface area contributed by atoms with Gasteiger partial charge in [-0.25, -0.2) is 0 Å². The number of anilines is 1. The number of rotatable bonds is 6. The summed E-state index contributed by atoms with van der Waals surface area (Å²) < 4.78 is 0. The zero-order valence-corrected chi connectivity index (χ0v) is 15.2. The predicted molar refractivity (Wildman–Crippen MR) is 108 cm³/mol. The molecule has 1 saturated heterocycles. The van der Waals surface area contributed by atoms with E-state index in [2.05, 4.69) is 36.4 Å². The molecule has 0 spiro atoms. The summed E-state index contributed by atoms with van der Waals surface area (Å²) in [6.45, 7) is 0. The first-order chi connectivity index (χ1) is 13.2. The molecule has 0 bridgehead atoms. The molecule has 1 aliphatic rings. The van der Waals surface area contributed by atoms with Crippen molar-refractivity contribution in [3.63, 3.8) is 0 Å². The SMILES string of the molecule is O=C1[C@H](CCCc2ccccc2)[C@@H](c2ccccc2)N1c1ccc(O)cc1. The van der Waals surface area contributed by atoms with Gasteiger partial charge in [-0.1, -0.05) is 60.7 Å². The molecule has 2 atom stereocenters. The van der Waals surface area contributed by atoms with Gasteiger partial charge in [-0.2, -0.15) is 0 Å². The summed E-state index contributed by atoms with van der Waals surface area (Å²) in [5.74, 6) is 0.384. The molecule has 1 fully saturated rings. The Bertz CT molecular complexity index is 891. The van der Waals surface area contributed by atoms with E-state index in [1.165, 1.54) is 5.56 Å². The Hall–Kier alpha value is -3.07. The third-order valence-electron chi connectivity index (χ3n) is 5.31. The van der Waals surface area contributed by atoms with Gasteiger partial charge in [0.25, 0.3) is 0 Å². The van der Waals surface area contributed by atoms with Gasteiger partial charge < -0.3 is 10.0 Å². The molecular weight excluding hydrogens is 334 g/mol. The zero-order chi connectivity index (χ0) is 18.6. The molecule has 27 heavy (non-hydrogen) atoms. The minimum Gasteiger partial charge on any atom is -0.508 e. The molecule has 0 saturated carbocycles. The van der Waals surface area contributed by atoms with Crippen LogP contribution in [0.1, 0.15) is 30.0 Å². The number of carbonyl (C=O) groups is 1. The average molecular weight is 357 g/mol. The number of amides is 1. The van der Waals surface area contributed by atoms with Crippen LogP contribution in [0.2, 0.25) is 0 Å². The van der Waals surface area contributed by atoms with E-state index in [1.54, 1.807) is 12.1 Å². The van der Waals surface area contributed by atoms with Crippen LogP contribution in [-0.4, -0.2) is 11.0 Å². The van der Waals surface area contributed by atoms with Crippen molar-refractivity contribution in [2.45, 2.75) is 25.3 Å². The fraction of sp³-hybridized carbons (Fsp3) is 0.208. The van der Waals surface area contributed by atoms with Crippen LogP contribution in [0.5, 0.6) is 5.75 Å². The van der Waals surface area contributed by atoms with Crippen LogP contribution in [0, 0.1) is 5.92 Å². The van der Waals surface area contributed by atoms with E-state index < -0.39 is 0 Å². The molecule has 3 aromatic rings. The third kappa shape index (κ3) is 3.59. The Balaban J connectivity index is 1.52. The van der Waals surface area contributed by atoms with Crippen molar-refractivity contribution in [3.05, 3.63) is 96.1 Å². The first-order valence-corrected chi connectivity index (χ1v) is 9.45. The van der Waals surface area contributed by atoms with Gasteiger partial charge in [0.15, 0.2) is 0 Å². The van der Waals surface area contributed by atoms with Crippen molar-refractivity contribution in [3.8, 4) is 5.75 Å². The molecule has 1 amide bonds. The number of phenols is 1. The summed E-state index contributed by atoms with van der Waals surface area (Å²) in [6, 6.07) is 27.6. The van der Waals surface area contributed by atoms with Crippen molar-refractivity contribution >= 4 is 11.6 Å². The number of hydrogen-bond donors (Lipinski definition) is 1. The zero-order valence-electron chi connectivity index (χ0n) is 15.2. The fourth-order valence-corrected chi connectivity index (χ4v) is 3.93. The molecule has 0 radical (unpaired) electrons. The Labute approximate surface area is 159 Å². The molecular formula is C24H23NO2. The number of carbonyl (C=O) groups excluding carboxylic acids is 1. The van der Waals surface area contributed by atoms with E-state index in [4.69, 9.17) is 0 Å². The molecule has 136 valence electrons. The summed E-state index contributed by atoms with van der Waals surface area (Å²) in [4.78, 5) is 14.8. The summed E-state index contributed by atoms with van der Waals surface area (Å²) in [5, 5.41) is 9.55. The number of aromatic hydroxyl groups is 1. The lowest BCUT2D eigenvalue weighted by molar-refractivity contribution is -0.130. The average Bonchev–Trinajstić information content (AvgIpc) is 2.72. The van der Waals surface area contributed by atoms with Crippen molar-refractivity contribution in [1.82, 2.24) is 0 Å². The molecule has 0 aliphatic carbocycles. The highest BCUT2D eigenvalue weighted by Crippen LogP contribution is 2.45. The molecule has 4 rings (SSSR count). The summed E-state index contributed by atoms with van der Waals surface area (Å²) >= 11 is 0. The van der Waals surface area contributed by atoms with Gasteiger partial charge in [0.05, 0.1) is 12.0 Å². The maximum Gasteiger partial charge on any atom is 0.233 e. The number of hydrogen-bond acceptors (Lipinski definition) is 2. The minimum absolute atomic E-state index is 0.00455. The second-order valence-electron chi connectivity index (χ2n) is 7.06. The molecule has 3 nitrogen and oxygen atoms in total. The lowest BCUT2D eigenvalue weighted by Gasteiger charge is -2.47. The Morgan fingerprint density at radius 3 is 2.11 bits per heavy atom. The first kappa shape index (κ1) is 17.3. The van der Waals surface area contributed by atoms with Gasteiger partial charge in [-0.05, 0) is 54.7 Å². The number of benzene rings is 3. The van der Waals surface area contributed by atoms with Crippen LogP contribution in [0.25, 0.3) is 0 Å². The van der Waals surface area contributed by atoms with E-state index in [0.717, 1.165) is 30.5 Å². The Kier molecular flexibility index (Phi) is 4.93. The summed E-state index contributed by atoms with van der Waals surface area (Å²) in [6.07, 6.45) is 2.86. The smallest absolute Gasteiger partial charge is 0.233 e. The van der Waals surface area contributed by atoms with Crippen molar-refractivity contribution in [1.29, 1.82) is 0 Å². The Morgan fingerprint density at radius 1 is 0.815 bits per heavy atom. The minimum atomic E-state index is 0.00455. The number of aryl methyl sites for hydroxylation is 1. The van der Waals surface area contributed by atoms with Gasteiger partial charge >= 0.3 is 0 Å². The normalized spacial score (nSPS) is 19.0. The van der Waals surface area contributed by atoms with Crippen molar-refractivity contribution in [2.75, 3.05) is 4.90 Å².